The molecule has 5 nitrogen and oxygen atoms in total. The van der Waals surface area contributed by atoms with E-state index < -0.39 is 17.2 Å². The number of esters is 1. The zero-order chi connectivity index (χ0) is 17.6. The predicted molar refractivity (Wildman–Crippen MR) is 90.7 cm³/mol. The number of carbonyl (C=O) groups excluding carboxylic acids is 2. The Labute approximate surface area is 148 Å². The van der Waals surface area contributed by atoms with Gasteiger partial charge in [-0.2, -0.15) is 0 Å². The van der Waals surface area contributed by atoms with Crippen LogP contribution >= 0.6 is 35.0 Å². The average Bonchev–Trinajstić information content (AvgIpc) is 2.50. The number of rotatable bonds is 8. The van der Waals surface area contributed by atoms with Gasteiger partial charge >= 0.3 is 11.9 Å². The lowest BCUT2D eigenvalue weighted by Crippen LogP contribution is -2.21. The van der Waals surface area contributed by atoms with E-state index in [1.165, 1.54) is 19.2 Å². The van der Waals surface area contributed by atoms with Crippen LogP contribution in [-0.4, -0.2) is 40.9 Å². The standard InChI is InChI=1S/C15H16Cl2O5S/c1-8-10(16)5-9(6-11(8)17)12(18)7-13(15(20)21)23-4-3-14(19)22-2/h5-6,13H,3-4,7H2,1-2H3,(H,20,21). The van der Waals surface area contributed by atoms with Crippen LogP contribution in [0.4, 0.5) is 0 Å². The fourth-order valence-corrected chi connectivity index (χ4v) is 3.16. The minimum atomic E-state index is -1.11. The molecule has 0 aromatic heterocycles. The molecule has 0 aliphatic rings. The molecule has 0 heterocycles. The van der Waals surface area contributed by atoms with E-state index in [0.717, 1.165) is 11.8 Å². The number of methoxy groups -OCH3 is 1. The van der Waals surface area contributed by atoms with Crippen molar-refractivity contribution in [2.45, 2.75) is 25.0 Å². The Morgan fingerprint density at radius 2 is 1.83 bits per heavy atom. The summed E-state index contributed by atoms with van der Waals surface area (Å²) in [6.07, 6.45) is -0.127. The highest BCUT2D eigenvalue weighted by Gasteiger charge is 2.23. The summed E-state index contributed by atoms with van der Waals surface area (Å²) in [5, 5.41) is 8.96. The highest BCUT2D eigenvalue weighted by Crippen LogP contribution is 2.27. The molecule has 0 amide bonds. The molecule has 1 rings (SSSR count). The number of benzene rings is 1. The molecule has 0 bridgehead atoms. The second kappa shape index (κ2) is 9.15. The number of Topliss-reactive ketones (excluding diaryl/α,β-unsaturated/α-hetero) is 1. The minimum Gasteiger partial charge on any atom is -0.480 e. The topological polar surface area (TPSA) is 80.7 Å². The molecule has 1 aromatic carbocycles. The molecule has 0 saturated carbocycles. The lowest BCUT2D eigenvalue weighted by Gasteiger charge is -2.12. The number of halogens is 2. The first-order chi connectivity index (χ1) is 10.8. The molecule has 8 heteroatoms. The average molecular weight is 379 g/mol. The van der Waals surface area contributed by atoms with Crippen molar-refractivity contribution in [1.82, 2.24) is 0 Å². The summed E-state index contributed by atoms with van der Waals surface area (Å²) in [6.45, 7) is 1.72. The maximum atomic E-state index is 12.2. The predicted octanol–water partition coefficient (Wildman–Crippen LogP) is 3.62. The Morgan fingerprint density at radius 1 is 1.26 bits per heavy atom. The zero-order valence-corrected chi connectivity index (χ0v) is 14.9. The Morgan fingerprint density at radius 3 is 2.30 bits per heavy atom. The van der Waals surface area contributed by atoms with E-state index in [2.05, 4.69) is 4.74 Å². The fraction of sp³-hybridized carbons (Fsp3) is 0.400. The molecule has 0 saturated heterocycles. The van der Waals surface area contributed by atoms with Gasteiger partial charge in [0.2, 0.25) is 0 Å². The molecule has 0 spiro atoms. The third-order valence-electron chi connectivity index (χ3n) is 3.10. The summed E-state index contributed by atoms with van der Waals surface area (Å²) in [6, 6.07) is 2.95. The van der Waals surface area contributed by atoms with Crippen LogP contribution in [0.5, 0.6) is 0 Å². The summed E-state index contributed by atoms with van der Waals surface area (Å²) in [5.74, 6) is -1.65. The van der Waals surface area contributed by atoms with Gasteiger partial charge in [0.15, 0.2) is 5.78 Å². The van der Waals surface area contributed by atoms with Crippen molar-refractivity contribution < 1.29 is 24.2 Å². The number of ether oxygens (including phenoxy) is 1. The van der Waals surface area contributed by atoms with Crippen LogP contribution in [0.2, 0.25) is 10.0 Å². The van der Waals surface area contributed by atoms with Gasteiger partial charge in [-0.15, -0.1) is 11.8 Å². The Balaban J connectivity index is 2.74. The molecule has 1 unspecified atom stereocenters. The van der Waals surface area contributed by atoms with Gasteiger partial charge in [0.25, 0.3) is 0 Å². The number of carbonyl (C=O) groups is 3. The minimum absolute atomic E-state index is 0.0846. The van der Waals surface area contributed by atoms with E-state index in [1.54, 1.807) is 6.92 Å². The Kier molecular flexibility index (Phi) is 7.88. The van der Waals surface area contributed by atoms with Gasteiger partial charge in [-0.1, -0.05) is 23.2 Å². The molecule has 0 fully saturated rings. The summed E-state index contributed by atoms with van der Waals surface area (Å²) in [7, 11) is 1.26. The molecule has 126 valence electrons. The van der Waals surface area contributed by atoms with Crippen molar-refractivity contribution in [2.75, 3.05) is 12.9 Å². The normalized spacial score (nSPS) is 11.8. The maximum Gasteiger partial charge on any atom is 0.317 e. The van der Waals surface area contributed by atoms with Crippen LogP contribution < -0.4 is 0 Å². The first-order valence-corrected chi connectivity index (χ1v) is 8.46. The van der Waals surface area contributed by atoms with E-state index >= 15 is 0 Å². The van der Waals surface area contributed by atoms with Crippen LogP contribution in [0.25, 0.3) is 0 Å². The van der Waals surface area contributed by atoms with Gasteiger partial charge in [0, 0.05) is 27.8 Å². The Bertz CT molecular complexity index is 595. The lowest BCUT2D eigenvalue weighted by molar-refractivity contribution is -0.140. The van der Waals surface area contributed by atoms with Crippen molar-refractivity contribution in [3.05, 3.63) is 33.3 Å². The van der Waals surface area contributed by atoms with Crippen LogP contribution in [0.1, 0.15) is 28.8 Å². The quantitative estimate of drug-likeness (QED) is 0.549. The molecular formula is C15H16Cl2O5S. The molecule has 0 radical (unpaired) electrons. The largest absolute Gasteiger partial charge is 0.480 e. The third kappa shape index (κ3) is 6.05. The van der Waals surface area contributed by atoms with E-state index in [0.29, 0.717) is 15.6 Å². The van der Waals surface area contributed by atoms with E-state index in [4.69, 9.17) is 23.2 Å². The number of carboxylic acids is 1. The van der Waals surface area contributed by atoms with Crippen LogP contribution in [0, 0.1) is 6.92 Å². The van der Waals surface area contributed by atoms with Gasteiger partial charge < -0.3 is 9.84 Å². The first kappa shape index (κ1) is 19.8. The number of carboxylic acid groups (broad SMARTS) is 1. The van der Waals surface area contributed by atoms with Crippen molar-refractivity contribution >= 4 is 52.7 Å². The van der Waals surface area contributed by atoms with Gasteiger partial charge in [-0.25, -0.2) is 0 Å². The number of ketones is 1. The van der Waals surface area contributed by atoms with Crippen LogP contribution in [0.3, 0.4) is 0 Å². The van der Waals surface area contributed by atoms with Gasteiger partial charge in [-0.3, -0.25) is 14.4 Å². The van der Waals surface area contributed by atoms with Crippen molar-refractivity contribution in [2.24, 2.45) is 0 Å². The summed E-state index contributed by atoms with van der Waals surface area (Å²) in [4.78, 5) is 34.5. The molecule has 1 aromatic rings. The highest BCUT2D eigenvalue weighted by molar-refractivity contribution is 8.00. The molecule has 1 N–H and O–H groups in total. The molecule has 1 atom stereocenters. The second-order valence-corrected chi connectivity index (χ2v) is 6.84. The monoisotopic (exact) mass is 378 g/mol. The Hall–Kier alpha value is -1.24. The summed E-state index contributed by atoms with van der Waals surface area (Å²) < 4.78 is 4.48. The molecule has 23 heavy (non-hydrogen) atoms. The molecular weight excluding hydrogens is 363 g/mol. The smallest absolute Gasteiger partial charge is 0.317 e. The highest BCUT2D eigenvalue weighted by atomic mass is 35.5. The number of hydrogen-bond donors (Lipinski definition) is 1. The summed E-state index contributed by atoms with van der Waals surface area (Å²) in [5.41, 5.74) is 0.928. The molecule has 0 aliphatic carbocycles. The van der Waals surface area contributed by atoms with Crippen molar-refractivity contribution in [3.63, 3.8) is 0 Å². The van der Waals surface area contributed by atoms with Crippen LogP contribution in [0.15, 0.2) is 12.1 Å². The number of hydrogen-bond acceptors (Lipinski definition) is 5. The van der Waals surface area contributed by atoms with Gasteiger partial charge in [-0.05, 0) is 24.6 Å². The number of aliphatic carboxylic acids is 1. The zero-order valence-electron chi connectivity index (χ0n) is 12.6. The second-order valence-electron chi connectivity index (χ2n) is 4.72. The van der Waals surface area contributed by atoms with Gasteiger partial charge in [0.1, 0.15) is 5.25 Å². The van der Waals surface area contributed by atoms with Crippen molar-refractivity contribution in [3.8, 4) is 0 Å². The van der Waals surface area contributed by atoms with Crippen molar-refractivity contribution in [1.29, 1.82) is 0 Å². The lowest BCUT2D eigenvalue weighted by atomic mass is 10.0. The first-order valence-electron chi connectivity index (χ1n) is 6.66. The SMILES string of the molecule is COC(=O)CCSC(CC(=O)c1cc(Cl)c(C)c(Cl)c1)C(=O)O. The van der Waals surface area contributed by atoms with Gasteiger partial charge in [0.05, 0.1) is 13.5 Å². The van der Waals surface area contributed by atoms with Crippen LogP contribution in [-0.2, 0) is 14.3 Å². The molecule has 0 aliphatic heterocycles. The maximum absolute atomic E-state index is 12.2. The number of thioether (sulfide) groups is 1. The van der Waals surface area contributed by atoms with E-state index in [1.807, 2.05) is 0 Å². The third-order valence-corrected chi connectivity index (χ3v) is 5.10. The fourth-order valence-electron chi connectivity index (χ4n) is 1.70. The van der Waals surface area contributed by atoms with E-state index in [-0.39, 0.29) is 29.9 Å². The summed E-state index contributed by atoms with van der Waals surface area (Å²) >= 11 is 13.0. The van der Waals surface area contributed by atoms with E-state index in [9.17, 15) is 19.5 Å².